The van der Waals surface area contributed by atoms with Crippen molar-refractivity contribution in [1.29, 1.82) is 0 Å². The van der Waals surface area contributed by atoms with E-state index >= 15 is 0 Å². The lowest BCUT2D eigenvalue weighted by Crippen LogP contribution is -1.99. The highest BCUT2D eigenvalue weighted by Gasteiger charge is 2.13. The van der Waals surface area contributed by atoms with Crippen molar-refractivity contribution in [2.75, 3.05) is 5.32 Å². The van der Waals surface area contributed by atoms with Crippen molar-refractivity contribution >= 4 is 27.6 Å². The van der Waals surface area contributed by atoms with Crippen molar-refractivity contribution in [1.82, 2.24) is 4.98 Å². The third-order valence-corrected chi connectivity index (χ3v) is 2.77. The predicted molar refractivity (Wildman–Crippen MR) is 69.7 cm³/mol. The predicted octanol–water partition coefficient (Wildman–Crippen LogP) is 3.06. The summed E-state index contributed by atoms with van der Waals surface area (Å²) < 4.78 is 6.10. The van der Waals surface area contributed by atoms with Gasteiger partial charge in [0.05, 0.1) is 18.4 Å². The van der Waals surface area contributed by atoms with Gasteiger partial charge in [0.2, 0.25) is 5.76 Å². The third kappa shape index (κ3) is 2.89. The Balaban J connectivity index is 2.06. The lowest BCUT2D eigenvalue weighted by atomic mass is 10.2. The van der Waals surface area contributed by atoms with Crippen LogP contribution >= 0.6 is 15.9 Å². The lowest BCUT2D eigenvalue weighted by Gasteiger charge is -2.03. The minimum Gasteiger partial charge on any atom is -0.475 e. The van der Waals surface area contributed by atoms with E-state index in [1.165, 1.54) is 0 Å². The fourth-order valence-corrected chi connectivity index (χ4v) is 1.91. The Morgan fingerprint density at radius 3 is 2.89 bits per heavy atom. The quantitative estimate of drug-likeness (QED) is 0.907. The van der Waals surface area contributed by atoms with Crippen LogP contribution in [0.2, 0.25) is 0 Å². The van der Waals surface area contributed by atoms with Crippen LogP contribution in [-0.2, 0) is 6.54 Å². The van der Waals surface area contributed by atoms with Crippen LogP contribution in [0.3, 0.4) is 0 Å². The van der Waals surface area contributed by atoms with Crippen LogP contribution in [-0.4, -0.2) is 16.1 Å². The number of carboxylic acids is 1. The van der Waals surface area contributed by atoms with Crippen molar-refractivity contribution in [2.24, 2.45) is 0 Å². The number of rotatable bonds is 4. The molecule has 0 radical (unpaired) electrons. The molecule has 2 aromatic heterocycles. The minimum atomic E-state index is -1.05. The Bertz CT molecular complexity index is 580. The molecule has 2 aromatic rings. The molecule has 0 atom stereocenters. The van der Waals surface area contributed by atoms with Crippen LogP contribution in [0.15, 0.2) is 33.4 Å². The van der Waals surface area contributed by atoms with Crippen molar-refractivity contribution in [3.8, 4) is 0 Å². The average molecular weight is 311 g/mol. The van der Waals surface area contributed by atoms with E-state index in [1.807, 2.05) is 6.07 Å². The van der Waals surface area contributed by atoms with Crippen LogP contribution in [0, 0.1) is 6.92 Å². The first-order chi connectivity index (χ1) is 8.56. The van der Waals surface area contributed by atoms with Crippen LogP contribution < -0.4 is 5.32 Å². The highest BCUT2D eigenvalue weighted by Crippen LogP contribution is 2.18. The summed E-state index contributed by atoms with van der Waals surface area (Å²) in [7, 11) is 0. The normalized spacial score (nSPS) is 10.3. The highest BCUT2D eigenvalue weighted by atomic mass is 79.9. The van der Waals surface area contributed by atoms with Gasteiger partial charge in [0.1, 0.15) is 5.76 Å². The van der Waals surface area contributed by atoms with Gasteiger partial charge in [-0.25, -0.2) is 4.79 Å². The zero-order chi connectivity index (χ0) is 13.1. The Labute approximate surface area is 112 Å². The van der Waals surface area contributed by atoms with Gasteiger partial charge >= 0.3 is 5.97 Å². The number of hydrogen-bond donors (Lipinski definition) is 2. The molecule has 0 aliphatic rings. The fraction of sp³-hybridized carbons (Fsp3) is 0.167. The van der Waals surface area contributed by atoms with Gasteiger partial charge in [0.25, 0.3) is 0 Å². The zero-order valence-electron chi connectivity index (χ0n) is 9.61. The number of aryl methyl sites for hydroxylation is 1. The van der Waals surface area contributed by atoms with E-state index < -0.39 is 5.97 Å². The van der Waals surface area contributed by atoms with Crippen LogP contribution in [0.4, 0.5) is 5.69 Å². The largest absolute Gasteiger partial charge is 0.475 e. The summed E-state index contributed by atoms with van der Waals surface area (Å²) in [5, 5.41) is 12.0. The molecule has 94 valence electrons. The van der Waals surface area contributed by atoms with E-state index in [4.69, 9.17) is 9.52 Å². The smallest absolute Gasteiger partial charge is 0.372 e. The molecular weight excluding hydrogens is 300 g/mol. The number of pyridine rings is 1. The molecule has 0 saturated heterocycles. The van der Waals surface area contributed by atoms with Crippen LogP contribution in [0.1, 0.15) is 21.9 Å². The second kappa shape index (κ2) is 5.22. The maximum absolute atomic E-state index is 10.8. The molecule has 2 N–H and O–H groups in total. The first kappa shape index (κ1) is 12.6. The number of nitrogens with one attached hydrogen (secondary N) is 1. The summed E-state index contributed by atoms with van der Waals surface area (Å²) in [6.07, 6.45) is 3.36. The minimum absolute atomic E-state index is 0.0147. The van der Waals surface area contributed by atoms with Crippen molar-refractivity contribution in [2.45, 2.75) is 13.5 Å². The highest BCUT2D eigenvalue weighted by molar-refractivity contribution is 9.10. The zero-order valence-corrected chi connectivity index (χ0v) is 11.2. The summed E-state index contributed by atoms with van der Waals surface area (Å²) in [5.41, 5.74) is 1.45. The lowest BCUT2D eigenvalue weighted by molar-refractivity contribution is 0.0659. The Hall–Kier alpha value is -1.82. The number of hydrogen-bond acceptors (Lipinski definition) is 4. The van der Waals surface area contributed by atoms with Gasteiger partial charge in [-0.05, 0) is 35.0 Å². The summed E-state index contributed by atoms with van der Waals surface area (Å²) in [4.78, 5) is 14.8. The van der Waals surface area contributed by atoms with Crippen molar-refractivity contribution in [3.05, 3.63) is 46.1 Å². The first-order valence-corrected chi connectivity index (χ1v) is 6.02. The molecule has 0 aliphatic heterocycles. The average Bonchev–Trinajstić information content (AvgIpc) is 2.68. The Morgan fingerprint density at radius 1 is 1.50 bits per heavy atom. The Kier molecular flexibility index (Phi) is 3.66. The number of carboxylic acid groups (broad SMARTS) is 1. The SMILES string of the molecule is Cc1cc(CNc2cncc(Br)c2)oc1C(=O)O. The molecule has 2 heterocycles. The van der Waals surface area contributed by atoms with Gasteiger partial charge in [-0.2, -0.15) is 0 Å². The molecule has 18 heavy (non-hydrogen) atoms. The number of aromatic nitrogens is 1. The fourth-order valence-electron chi connectivity index (χ4n) is 1.55. The number of halogens is 1. The maximum atomic E-state index is 10.8. The number of carbonyl (C=O) groups is 1. The van der Waals surface area contributed by atoms with E-state index in [0.717, 1.165) is 10.2 Å². The molecule has 0 amide bonds. The van der Waals surface area contributed by atoms with Gasteiger partial charge in [-0.15, -0.1) is 0 Å². The van der Waals surface area contributed by atoms with Gasteiger partial charge in [0, 0.05) is 16.2 Å². The second-order valence-electron chi connectivity index (χ2n) is 3.78. The van der Waals surface area contributed by atoms with Gasteiger partial charge in [-0.1, -0.05) is 0 Å². The number of aromatic carboxylic acids is 1. The molecule has 2 rings (SSSR count). The van der Waals surface area contributed by atoms with Crippen molar-refractivity contribution in [3.63, 3.8) is 0 Å². The van der Waals surface area contributed by atoms with E-state index in [-0.39, 0.29) is 5.76 Å². The second-order valence-corrected chi connectivity index (χ2v) is 4.69. The first-order valence-electron chi connectivity index (χ1n) is 5.23. The Morgan fingerprint density at radius 2 is 2.28 bits per heavy atom. The molecule has 6 heteroatoms. The standard InChI is InChI=1S/C12H11BrN2O3/c1-7-2-10(18-11(7)12(16)17)6-15-9-3-8(13)4-14-5-9/h2-5,15H,6H2,1H3,(H,16,17). The molecular formula is C12H11BrN2O3. The van der Waals surface area contributed by atoms with E-state index in [1.54, 1.807) is 25.4 Å². The molecule has 0 saturated carbocycles. The molecule has 0 bridgehead atoms. The van der Waals surface area contributed by atoms with E-state index in [2.05, 4.69) is 26.2 Å². The number of furan rings is 1. The number of nitrogens with zero attached hydrogens (tertiary/aromatic N) is 1. The molecule has 0 aliphatic carbocycles. The molecule has 0 aromatic carbocycles. The van der Waals surface area contributed by atoms with Crippen LogP contribution in [0.5, 0.6) is 0 Å². The topological polar surface area (TPSA) is 75.4 Å². The number of anilines is 1. The summed E-state index contributed by atoms with van der Waals surface area (Å²) >= 11 is 3.32. The molecule has 0 unspecified atom stereocenters. The summed E-state index contributed by atoms with van der Waals surface area (Å²) in [6.45, 7) is 2.11. The van der Waals surface area contributed by atoms with E-state index in [0.29, 0.717) is 17.9 Å². The molecule has 0 spiro atoms. The van der Waals surface area contributed by atoms with Gasteiger partial charge in [-0.3, -0.25) is 4.98 Å². The molecule has 0 fully saturated rings. The summed E-state index contributed by atoms with van der Waals surface area (Å²) in [5.74, 6) is -0.494. The van der Waals surface area contributed by atoms with E-state index in [9.17, 15) is 4.79 Å². The molecule has 5 nitrogen and oxygen atoms in total. The maximum Gasteiger partial charge on any atom is 0.372 e. The van der Waals surface area contributed by atoms with Crippen LogP contribution in [0.25, 0.3) is 0 Å². The van der Waals surface area contributed by atoms with Gasteiger partial charge < -0.3 is 14.8 Å². The summed E-state index contributed by atoms with van der Waals surface area (Å²) in [6, 6.07) is 3.59. The third-order valence-electron chi connectivity index (χ3n) is 2.33. The van der Waals surface area contributed by atoms with Gasteiger partial charge in [0.15, 0.2) is 0 Å². The van der Waals surface area contributed by atoms with Crippen molar-refractivity contribution < 1.29 is 14.3 Å². The monoisotopic (exact) mass is 310 g/mol.